The quantitative estimate of drug-likeness (QED) is 0.790. The van der Waals surface area contributed by atoms with Crippen molar-refractivity contribution in [3.63, 3.8) is 0 Å². The summed E-state index contributed by atoms with van der Waals surface area (Å²) in [4.78, 5) is 17.4. The molecule has 0 aromatic heterocycles. The summed E-state index contributed by atoms with van der Waals surface area (Å²) in [6.45, 7) is 8.43. The van der Waals surface area contributed by atoms with Crippen LogP contribution in [0.2, 0.25) is 0 Å². The van der Waals surface area contributed by atoms with Gasteiger partial charge in [-0.1, -0.05) is 33.1 Å². The Kier molecular flexibility index (Phi) is 5.88. The van der Waals surface area contributed by atoms with E-state index < -0.39 is 0 Å². The van der Waals surface area contributed by atoms with Crippen LogP contribution in [0.1, 0.15) is 52.4 Å². The molecule has 0 aromatic rings. The summed E-state index contributed by atoms with van der Waals surface area (Å²) in [6, 6.07) is 0. The van der Waals surface area contributed by atoms with E-state index in [1.54, 1.807) is 0 Å². The highest BCUT2D eigenvalue weighted by molar-refractivity contribution is 5.79. The van der Waals surface area contributed by atoms with E-state index in [0.29, 0.717) is 23.7 Å². The Bertz CT molecular complexity index is 302. The third kappa shape index (κ3) is 4.21. The molecule has 1 saturated carbocycles. The third-order valence-electron chi connectivity index (χ3n) is 5.08. The summed E-state index contributed by atoms with van der Waals surface area (Å²) in [6.07, 6.45) is 7.65. The summed E-state index contributed by atoms with van der Waals surface area (Å²) >= 11 is 0. The molecule has 1 heterocycles. The van der Waals surface area contributed by atoms with Gasteiger partial charge >= 0.3 is 0 Å². The van der Waals surface area contributed by atoms with Crippen LogP contribution in [0.3, 0.4) is 0 Å². The molecule has 1 amide bonds. The first-order valence-corrected chi connectivity index (χ1v) is 8.55. The second-order valence-corrected chi connectivity index (χ2v) is 7.26. The molecule has 116 valence electrons. The maximum absolute atomic E-state index is 12.9. The van der Waals surface area contributed by atoms with Crippen LogP contribution < -0.4 is 0 Å². The van der Waals surface area contributed by atoms with Crippen LogP contribution in [0.25, 0.3) is 0 Å². The van der Waals surface area contributed by atoms with Crippen molar-refractivity contribution in [2.24, 2.45) is 17.8 Å². The lowest BCUT2D eigenvalue weighted by Gasteiger charge is -2.38. The van der Waals surface area contributed by atoms with Gasteiger partial charge in [-0.05, 0) is 38.1 Å². The molecular weight excluding hydrogens is 248 g/mol. The highest BCUT2D eigenvalue weighted by Gasteiger charge is 2.33. The maximum atomic E-state index is 12.9. The standard InChI is InChI=1S/C17H32N2O/c1-14(2)13-16(15-7-5-4-6-8-15)17(20)19-11-9-18(3)10-12-19/h14-16H,4-13H2,1-3H3/t16-/m0/s1. The van der Waals surface area contributed by atoms with Crippen LogP contribution in [0.5, 0.6) is 0 Å². The van der Waals surface area contributed by atoms with Gasteiger partial charge in [0.15, 0.2) is 0 Å². The van der Waals surface area contributed by atoms with Gasteiger partial charge in [-0.3, -0.25) is 4.79 Å². The molecule has 2 rings (SSSR count). The van der Waals surface area contributed by atoms with Gasteiger partial charge in [-0.15, -0.1) is 0 Å². The number of amides is 1. The third-order valence-corrected chi connectivity index (χ3v) is 5.08. The van der Waals surface area contributed by atoms with Crippen LogP contribution in [0.4, 0.5) is 0 Å². The smallest absolute Gasteiger partial charge is 0.226 e. The molecule has 3 nitrogen and oxygen atoms in total. The number of carbonyl (C=O) groups is 1. The zero-order chi connectivity index (χ0) is 14.5. The molecule has 1 atom stereocenters. The number of piperazine rings is 1. The number of hydrogen-bond donors (Lipinski definition) is 0. The minimum Gasteiger partial charge on any atom is -0.340 e. The van der Waals surface area contributed by atoms with Crippen LogP contribution in [-0.4, -0.2) is 48.9 Å². The zero-order valence-electron chi connectivity index (χ0n) is 13.6. The Morgan fingerprint density at radius 1 is 1.05 bits per heavy atom. The molecule has 0 aromatic carbocycles. The van der Waals surface area contributed by atoms with Crippen molar-refractivity contribution in [3.05, 3.63) is 0 Å². The topological polar surface area (TPSA) is 23.6 Å². The van der Waals surface area contributed by atoms with Gasteiger partial charge in [0.1, 0.15) is 0 Å². The van der Waals surface area contributed by atoms with E-state index in [4.69, 9.17) is 0 Å². The van der Waals surface area contributed by atoms with Crippen molar-refractivity contribution in [1.29, 1.82) is 0 Å². The van der Waals surface area contributed by atoms with Crippen molar-refractivity contribution in [2.45, 2.75) is 52.4 Å². The molecular formula is C17H32N2O. The van der Waals surface area contributed by atoms with E-state index in [-0.39, 0.29) is 0 Å². The number of hydrogen-bond acceptors (Lipinski definition) is 2. The molecule has 0 radical (unpaired) electrons. The minimum atomic E-state index is 0.290. The molecule has 1 aliphatic carbocycles. The van der Waals surface area contributed by atoms with Crippen LogP contribution in [-0.2, 0) is 4.79 Å². The highest BCUT2D eigenvalue weighted by atomic mass is 16.2. The average molecular weight is 280 g/mol. The van der Waals surface area contributed by atoms with Crippen LogP contribution in [0.15, 0.2) is 0 Å². The molecule has 1 saturated heterocycles. The van der Waals surface area contributed by atoms with Gasteiger partial charge in [0.05, 0.1) is 0 Å². The summed E-state index contributed by atoms with van der Waals surface area (Å²) in [5.41, 5.74) is 0. The van der Waals surface area contributed by atoms with E-state index >= 15 is 0 Å². The van der Waals surface area contributed by atoms with E-state index in [2.05, 4.69) is 30.7 Å². The van der Waals surface area contributed by atoms with E-state index in [0.717, 1.165) is 32.6 Å². The van der Waals surface area contributed by atoms with Crippen molar-refractivity contribution in [2.75, 3.05) is 33.2 Å². The van der Waals surface area contributed by atoms with Gasteiger partial charge in [-0.25, -0.2) is 0 Å². The Balaban J connectivity index is 1.99. The molecule has 2 fully saturated rings. The average Bonchev–Trinajstić information content (AvgIpc) is 2.45. The minimum absolute atomic E-state index is 0.290. The fourth-order valence-corrected chi connectivity index (χ4v) is 3.80. The van der Waals surface area contributed by atoms with Crippen molar-refractivity contribution in [3.8, 4) is 0 Å². The Hall–Kier alpha value is -0.570. The summed E-state index contributed by atoms with van der Waals surface area (Å²) in [5.74, 6) is 2.02. The lowest BCUT2D eigenvalue weighted by Crippen LogP contribution is -2.50. The van der Waals surface area contributed by atoms with Crippen molar-refractivity contribution >= 4 is 5.91 Å². The van der Waals surface area contributed by atoms with Gasteiger partial charge in [0.2, 0.25) is 5.91 Å². The number of likely N-dealkylation sites (N-methyl/N-ethyl adjacent to an activating group) is 1. The fraction of sp³-hybridized carbons (Fsp3) is 0.941. The molecule has 0 bridgehead atoms. The highest BCUT2D eigenvalue weighted by Crippen LogP contribution is 2.34. The second kappa shape index (κ2) is 7.44. The van der Waals surface area contributed by atoms with Crippen molar-refractivity contribution in [1.82, 2.24) is 9.80 Å². The fourth-order valence-electron chi connectivity index (χ4n) is 3.80. The number of nitrogens with zero attached hydrogens (tertiary/aromatic N) is 2. The molecule has 20 heavy (non-hydrogen) atoms. The molecule has 1 aliphatic heterocycles. The van der Waals surface area contributed by atoms with Crippen LogP contribution >= 0.6 is 0 Å². The lowest BCUT2D eigenvalue weighted by atomic mass is 9.76. The Morgan fingerprint density at radius 3 is 2.20 bits per heavy atom. The first-order valence-electron chi connectivity index (χ1n) is 8.55. The first kappa shape index (κ1) is 15.8. The van der Waals surface area contributed by atoms with E-state index in [1.807, 2.05) is 0 Å². The predicted octanol–water partition coefficient (Wildman–Crippen LogP) is 3.00. The first-order chi connectivity index (χ1) is 9.58. The largest absolute Gasteiger partial charge is 0.340 e. The predicted molar refractivity (Wildman–Crippen MR) is 83.6 cm³/mol. The monoisotopic (exact) mass is 280 g/mol. The van der Waals surface area contributed by atoms with E-state index in [9.17, 15) is 4.79 Å². The second-order valence-electron chi connectivity index (χ2n) is 7.26. The number of rotatable bonds is 4. The molecule has 0 unspecified atom stereocenters. The summed E-state index contributed by atoms with van der Waals surface area (Å²) in [7, 11) is 2.15. The van der Waals surface area contributed by atoms with Gasteiger partial charge in [-0.2, -0.15) is 0 Å². The molecule has 2 aliphatic rings. The molecule has 3 heteroatoms. The molecule has 0 N–H and O–H groups in total. The van der Waals surface area contributed by atoms with Crippen LogP contribution in [0, 0.1) is 17.8 Å². The van der Waals surface area contributed by atoms with Crippen molar-refractivity contribution < 1.29 is 4.79 Å². The number of carbonyl (C=O) groups excluding carboxylic acids is 1. The van der Waals surface area contributed by atoms with Gasteiger partial charge < -0.3 is 9.80 Å². The Morgan fingerprint density at radius 2 is 1.65 bits per heavy atom. The van der Waals surface area contributed by atoms with Gasteiger partial charge in [0, 0.05) is 32.1 Å². The summed E-state index contributed by atoms with van der Waals surface area (Å²) in [5, 5.41) is 0. The zero-order valence-corrected chi connectivity index (χ0v) is 13.6. The molecule has 0 spiro atoms. The summed E-state index contributed by atoms with van der Waals surface area (Å²) < 4.78 is 0. The maximum Gasteiger partial charge on any atom is 0.226 e. The SMILES string of the molecule is CC(C)C[C@H](C(=O)N1CCN(C)CC1)C1CCCCC1. The van der Waals surface area contributed by atoms with E-state index in [1.165, 1.54) is 32.1 Å². The lowest BCUT2D eigenvalue weighted by molar-refractivity contribution is -0.140. The normalized spacial score (nSPS) is 24.1. The Labute approximate surface area is 124 Å². The van der Waals surface area contributed by atoms with Gasteiger partial charge in [0.25, 0.3) is 0 Å².